The van der Waals surface area contributed by atoms with Gasteiger partial charge in [0.25, 0.3) is 0 Å². The van der Waals surface area contributed by atoms with Crippen molar-refractivity contribution in [1.29, 1.82) is 0 Å². The first-order valence-electron chi connectivity index (χ1n) is 5.69. The molecule has 17 heavy (non-hydrogen) atoms. The topological polar surface area (TPSA) is 62.4 Å². The van der Waals surface area contributed by atoms with Gasteiger partial charge < -0.3 is 0 Å². The van der Waals surface area contributed by atoms with Crippen LogP contribution in [0, 0.1) is 0 Å². The van der Waals surface area contributed by atoms with E-state index in [1.54, 1.807) is 0 Å². The van der Waals surface area contributed by atoms with Gasteiger partial charge in [-0.2, -0.15) is 0 Å². The van der Waals surface area contributed by atoms with E-state index < -0.39 is 0 Å². The zero-order valence-corrected chi connectivity index (χ0v) is 10.1. The van der Waals surface area contributed by atoms with Gasteiger partial charge in [0.05, 0.1) is 17.8 Å². The first-order chi connectivity index (χ1) is 8.27. The van der Waals surface area contributed by atoms with Crippen LogP contribution in [0.4, 0.5) is 5.69 Å². The monoisotopic (exact) mass is 237 g/mol. The average molecular weight is 237 g/mol. The molecule has 0 bridgehead atoms. The quantitative estimate of drug-likeness (QED) is 0.473. The Morgan fingerprint density at radius 1 is 1.35 bits per heavy atom. The minimum Gasteiger partial charge on any atom is -0.294 e. The van der Waals surface area contributed by atoms with Crippen LogP contribution in [0.3, 0.4) is 0 Å². The number of nitrogens with one attached hydrogen (secondary N) is 3. The van der Waals surface area contributed by atoms with Gasteiger partial charge in [-0.25, -0.2) is 5.43 Å². The number of carbonyl (C=O) groups is 1. The fraction of sp³-hybridized carbons (Fsp3) is 0.417. The van der Waals surface area contributed by atoms with Crippen LogP contribution in [-0.4, -0.2) is 18.6 Å². The molecule has 5 heteroatoms. The zero-order valence-electron chi connectivity index (χ0n) is 10.1. The van der Waals surface area contributed by atoms with Gasteiger partial charge in [0.1, 0.15) is 0 Å². The number of hydrazine groups is 1. The Labute approximate surface area is 101 Å². The summed E-state index contributed by atoms with van der Waals surface area (Å²) < 4.78 is 0. The summed E-state index contributed by atoms with van der Waals surface area (Å²) in [4.78, 5) is 15.7. The molecule has 1 aromatic carbocycles. The fourth-order valence-electron chi connectivity index (χ4n) is 1.44. The molecule has 94 valence electrons. The van der Waals surface area contributed by atoms with Crippen molar-refractivity contribution in [1.82, 2.24) is 10.9 Å². The van der Waals surface area contributed by atoms with Crippen LogP contribution in [-0.2, 0) is 9.63 Å². The standard InChI is InChI=1S/C12H19N3O2/c1-3-12(14-13-9-16)10(2)17-15-11-7-5-4-6-8-11/h4-10,12,14-15H,3H2,1-2H3,(H,13,16)/t10-,12-/m0/s1. The SMILES string of the molecule is CC[C@H](NNC=O)[C@H](C)ONc1ccccc1. The minimum atomic E-state index is -0.0762. The van der Waals surface area contributed by atoms with Crippen LogP contribution >= 0.6 is 0 Å². The predicted molar refractivity (Wildman–Crippen MR) is 67.0 cm³/mol. The normalized spacial score (nSPS) is 13.8. The third-order valence-electron chi connectivity index (χ3n) is 2.47. The summed E-state index contributed by atoms with van der Waals surface area (Å²) in [6.07, 6.45) is 1.38. The predicted octanol–water partition coefficient (Wildman–Crippen LogP) is 1.45. The van der Waals surface area contributed by atoms with Gasteiger partial charge in [-0.1, -0.05) is 25.1 Å². The van der Waals surface area contributed by atoms with Crippen LogP contribution in [0.25, 0.3) is 0 Å². The van der Waals surface area contributed by atoms with Gasteiger partial charge in [0.15, 0.2) is 0 Å². The molecule has 0 radical (unpaired) electrons. The lowest BCUT2D eigenvalue weighted by Crippen LogP contribution is -2.47. The van der Waals surface area contributed by atoms with Crippen molar-refractivity contribution >= 4 is 12.1 Å². The molecular weight excluding hydrogens is 218 g/mol. The highest BCUT2D eigenvalue weighted by Gasteiger charge is 2.15. The van der Waals surface area contributed by atoms with E-state index in [9.17, 15) is 4.79 Å². The van der Waals surface area contributed by atoms with Crippen molar-refractivity contribution < 1.29 is 9.63 Å². The van der Waals surface area contributed by atoms with Crippen molar-refractivity contribution in [2.24, 2.45) is 0 Å². The first-order valence-corrected chi connectivity index (χ1v) is 5.69. The summed E-state index contributed by atoms with van der Waals surface area (Å²) in [5.74, 6) is 0. The first kappa shape index (κ1) is 13.5. The Morgan fingerprint density at radius 2 is 2.06 bits per heavy atom. The van der Waals surface area contributed by atoms with Gasteiger partial charge in [0.2, 0.25) is 6.41 Å². The van der Waals surface area contributed by atoms with E-state index in [-0.39, 0.29) is 12.1 Å². The fourth-order valence-corrected chi connectivity index (χ4v) is 1.44. The molecular formula is C12H19N3O2. The smallest absolute Gasteiger partial charge is 0.221 e. The maximum atomic E-state index is 10.2. The van der Waals surface area contributed by atoms with Gasteiger partial charge in [-0.05, 0) is 25.5 Å². The second-order valence-electron chi connectivity index (χ2n) is 3.71. The van der Waals surface area contributed by atoms with Crippen molar-refractivity contribution in [3.05, 3.63) is 30.3 Å². The van der Waals surface area contributed by atoms with E-state index in [2.05, 4.69) is 16.3 Å². The third-order valence-corrected chi connectivity index (χ3v) is 2.47. The molecule has 1 rings (SSSR count). The Morgan fingerprint density at radius 3 is 2.65 bits per heavy atom. The van der Waals surface area contributed by atoms with E-state index >= 15 is 0 Å². The Bertz CT molecular complexity index is 319. The second kappa shape index (κ2) is 7.65. The van der Waals surface area contributed by atoms with Crippen LogP contribution in [0.15, 0.2) is 30.3 Å². The molecule has 1 aromatic rings. The van der Waals surface area contributed by atoms with E-state index in [0.717, 1.165) is 12.1 Å². The van der Waals surface area contributed by atoms with E-state index in [0.29, 0.717) is 6.41 Å². The van der Waals surface area contributed by atoms with Crippen molar-refractivity contribution in [3.8, 4) is 0 Å². The van der Waals surface area contributed by atoms with Gasteiger partial charge in [0, 0.05) is 0 Å². The Kier molecular flexibility index (Phi) is 6.06. The Hall–Kier alpha value is -1.59. The molecule has 0 spiro atoms. The number of rotatable bonds is 8. The van der Waals surface area contributed by atoms with Crippen molar-refractivity contribution in [3.63, 3.8) is 0 Å². The molecule has 0 fully saturated rings. The van der Waals surface area contributed by atoms with Gasteiger partial charge in [-0.15, -0.1) is 0 Å². The lowest BCUT2D eigenvalue weighted by Gasteiger charge is -2.23. The number of carbonyl (C=O) groups excluding carboxylic acids is 1. The van der Waals surface area contributed by atoms with E-state index in [4.69, 9.17) is 4.84 Å². The third kappa shape index (κ3) is 4.84. The largest absolute Gasteiger partial charge is 0.294 e. The number of amides is 1. The van der Waals surface area contributed by atoms with Crippen molar-refractivity contribution in [2.75, 3.05) is 5.48 Å². The van der Waals surface area contributed by atoms with Crippen LogP contribution < -0.4 is 16.3 Å². The lowest BCUT2D eigenvalue weighted by molar-refractivity contribution is -0.110. The number of hydrogen-bond donors (Lipinski definition) is 3. The molecule has 1 amide bonds. The number of para-hydroxylation sites is 1. The van der Waals surface area contributed by atoms with Crippen LogP contribution in [0.5, 0.6) is 0 Å². The molecule has 0 aliphatic rings. The maximum absolute atomic E-state index is 10.2. The summed E-state index contributed by atoms with van der Waals surface area (Å²) in [5.41, 5.74) is 9.09. The highest BCUT2D eigenvalue weighted by atomic mass is 16.7. The lowest BCUT2D eigenvalue weighted by atomic mass is 10.1. The molecule has 0 aliphatic heterocycles. The summed E-state index contributed by atoms with van der Waals surface area (Å²) >= 11 is 0. The van der Waals surface area contributed by atoms with Gasteiger partial charge >= 0.3 is 0 Å². The molecule has 2 atom stereocenters. The van der Waals surface area contributed by atoms with Crippen molar-refractivity contribution in [2.45, 2.75) is 32.4 Å². The summed E-state index contributed by atoms with van der Waals surface area (Å²) in [5, 5.41) is 0. The Balaban J connectivity index is 2.36. The van der Waals surface area contributed by atoms with Gasteiger partial charge in [-0.3, -0.25) is 20.5 Å². The summed E-state index contributed by atoms with van der Waals surface area (Å²) in [6.45, 7) is 3.95. The molecule has 0 aliphatic carbocycles. The molecule has 0 unspecified atom stereocenters. The number of hydrogen-bond acceptors (Lipinski definition) is 4. The number of benzene rings is 1. The zero-order chi connectivity index (χ0) is 12.5. The minimum absolute atomic E-state index is 0.0522. The summed E-state index contributed by atoms with van der Waals surface area (Å²) in [7, 11) is 0. The average Bonchev–Trinajstić information content (AvgIpc) is 2.38. The summed E-state index contributed by atoms with van der Waals surface area (Å²) in [6, 6.07) is 9.70. The molecule has 0 saturated heterocycles. The molecule has 0 saturated carbocycles. The molecule has 0 heterocycles. The highest BCUT2D eigenvalue weighted by molar-refractivity contribution is 5.44. The number of anilines is 1. The molecule has 0 aromatic heterocycles. The van der Waals surface area contributed by atoms with E-state index in [1.807, 2.05) is 44.2 Å². The van der Waals surface area contributed by atoms with Crippen LogP contribution in [0.1, 0.15) is 20.3 Å². The van der Waals surface area contributed by atoms with Crippen LogP contribution in [0.2, 0.25) is 0 Å². The second-order valence-corrected chi connectivity index (χ2v) is 3.71. The molecule has 3 N–H and O–H groups in total. The van der Waals surface area contributed by atoms with E-state index in [1.165, 1.54) is 0 Å². The highest BCUT2D eigenvalue weighted by Crippen LogP contribution is 2.08. The molecule has 5 nitrogen and oxygen atoms in total. The maximum Gasteiger partial charge on any atom is 0.221 e.